The summed E-state index contributed by atoms with van der Waals surface area (Å²) >= 11 is 0. The SMILES string of the molecule is CCN(CC)C(=O)Oc1ccc2c(ccn2Cc2ccccc2-c2ccccc2)c1-c1ccc(C#N)cc1. The molecule has 5 nitrogen and oxygen atoms in total. The summed E-state index contributed by atoms with van der Waals surface area (Å²) in [6.45, 7) is 5.70. The molecule has 0 saturated heterocycles. The van der Waals surface area contributed by atoms with Crippen LogP contribution >= 0.6 is 0 Å². The molecular formula is C33H29N3O2. The number of aromatic nitrogens is 1. The van der Waals surface area contributed by atoms with E-state index in [4.69, 9.17) is 4.74 Å². The van der Waals surface area contributed by atoms with Crippen molar-refractivity contribution in [3.8, 4) is 34.1 Å². The van der Waals surface area contributed by atoms with Gasteiger partial charge in [0.1, 0.15) is 5.75 Å². The highest BCUT2D eigenvalue weighted by Crippen LogP contribution is 2.38. The van der Waals surface area contributed by atoms with E-state index in [2.05, 4.69) is 71.4 Å². The van der Waals surface area contributed by atoms with Crippen LogP contribution in [0.25, 0.3) is 33.2 Å². The molecule has 0 radical (unpaired) electrons. The zero-order valence-electron chi connectivity index (χ0n) is 21.6. The fourth-order valence-corrected chi connectivity index (χ4v) is 4.87. The van der Waals surface area contributed by atoms with E-state index in [0.29, 0.717) is 30.9 Å². The summed E-state index contributed by atoms with van der Waals surface area (Å²) in [5, 5.41) is 10.3. The zero-order chi connectivity index (χ0) is 26.5. The van der Waals surface area contributed by atoms with Gasteiger partial charge in [0, 0.05) is 42.3 Å². The van der Waals surface area contributed by atoms with Gasteiger partial charge in [-0.05, 0) is 66.4 Å². The Hall–Kier alpha value is -4.82. The van der Waals surface area contributed by atoms with Crippen LogP contribution in [0.5, 0.6) is 5.75 Å². The molecule has 0 N–H and O–H groups in total. The number of nitrogens with zero attached hydrogens (tertiary/aromatic N) is 3. The van der Waals surface area contributed by atoms with Crippen LogP contribution in [0.3, 0.4) is 0 Å². The summed E-state index contributed by atoms with van der Waals surface area (Å²) in [5.74, 6) is 0.501. The van der Waals surface area contributed by atoms with Crippen LogP contribution in [-0.4, -0.2) is 28.6 Å². The van der Waals surface area contributed by atoms with Crippen molar-refractivity contribution in [2.24, 2.45) is 0 Å². The topological polar surface area (TPSA) is 58.3 Å². The lowest BCUT2D eigenvalue weighted by atomic mass is 9.99. The van der Waals surface area contributed by atoms with Crippen LogP contribution in [-0.2, 0) is 6.54 Å². The molecule has 5 heteroatoms. The fraction of sp³-hybridized carbons (Fsp3) is 0.152. The van der Waals surface area contributed by atoms with Crippen molar-refractivity contribution >= 4 is 17.0 Å². The molecule has 0 spiro atoms. The third-order valence-electron chi connectivity index (χ3n) is 6.88. The lowest BCUT2D eigenvalue weighted by molar-refractivity contribution is 0.157. The first-order chi connectivity index (χ1) is 18.6. The molecule has 5 aromatic rings. The number of hydrogen-bond donors (Lipinski definition) is 0. The average Bonchev–Trinajstić information content (AvgIpc) is 3.37. The van der Waals surface area contributed by atoms with Crippen molar-refractivity contribution in [3.63, 3.8) is 0 Å². The summed E-state index contributed by atoms with van der Waals surface area (Å²) in [7, 11) is 0. The molecule has 0 unspecified atom stereocenters. The normalized spacial score (nSPS) is 10.8. The Morgan fingerprint density at radius 1 is 0.842 bits per heavy atom. The minimum absolute atomic E-state index is 0.375. The minimum Gasteiger partial charge on any atom is -0.410 e. The quantitative estimate of drug-likeness (QED) is 0.230. The van der Waals surface area contributed by atoms with Crippen LogP contribution in [0.2, 0.25) is 0 Å². The molecule has 188 valence electrons. The van der Waals surface area contributed by atoms with E-state index in [1.807, 2.05) is 44.2 Å². The lowest BCUT2D eigenvalue weighted by Crippen LogP contribution is -2.33. The van der Waals surface area contributed by atoms with Crippen LogP contribution < -0.4 is 4.74 Å². The number of ether oxygens (including phenoxy) is 1. The van der Waals surface area contributed by atoms with Crippen LogP contribution in [0.1, 0.15) is 25.0 Å². The van der Waals surface area contributed by atoms with E-state index in [0.717, 1.165) is 22.0 Å². The molecule has 0 aliphatic heterocycles. The first-order valence-electron chi connectivity index (χ1n) is 12.8. The highest BCUT2D eigenvalue weighted by Gasteiger charge is 2.19. The minimum atomic E-state index is -0.375. The monoisotopic (exact) mass is 499 g/mol. The van der Waals surface area contributed by atoms with Crippen molar-refractivity contribution in [3.05, 3.63) is 114 Å². The number of carbonyl (C=O) groups is 1. The van der Waals surface area contributed by atoms with Gasteiger partial charge in [-0.25, -0.2) is 4.79 Å². The van der Waals surface area contributed by atoms with Crippen molar-refractivity contribution in [2.75, 3.05) is 13.1 Å². The Kier molecular flexibility index (Phi) is 7.24. The van der Waals surface area contributed by atoms with Crippen molar-refractivity contribution in [1.82, 2.24) is 9.47 Å². The van der Waals surface area contributed by atoms with Gasteiger partial charge >= 0.3 is 6.09 Å². The summed E-state index contributed by atoms with van der Waals surface area (Å²) < 4.78 is 8.15. The van der Waals surface area contributed by atoms with Crippen LogP contribution in [0, 0.1) is 11.3 Å². The largest absolute Gasteiger partial charge is 0.415 e. The molecular weight excluding hydrogens is 470 g/mol. The number of nitriles is 1. The Bertz CT molecular complexity index is 1610. The molecule has 38 heavy (non-hydrogen) atoms. The van der Waals surface area contributed by atoms with Crippen LogP contribution in [0.4, 0.5) is 4.79 Å². The number of rotatable bonds is 7. The third-order valence-corrected chi connectivity index (χ3v) is 6.88. The third kappa shape index (κ3) is 4.89. The van der Waals surface area contributed by atoms with Crippen molar-refractivity contribution < 1.29 is 9.53 Å². The molecule has 0 aliphatic carbocycles. The van der Waals surface area contributed by atoms with Crippen LogP contribution in [0.15, 0.2) is 103 Å². The Morgan fingerprint density at radius 2 is 1.55 bits per heavy atom. The first-order valence-corrected chi connectivity index (χ1v) is 12.8. The standard InChI is InChI=1S/C33H29N3O2/c1-3-35(4-2)33(37)38-31-19-18-30-29(32(31)26-16-14-24(22-34)15-17-26)20-21-36(30)23-27-12-8-9-13-28(27)25-10-6-5-7-11-25/h5-21H,3-4,23H2,1-2H3. The number of amides is 1. The second-order valence-corrected chi connectivity index (χ2v) is 9.07. The van der Waals surface area contributed by atoms with Gasteiger partial charge in [-0.1, -0.05) is 66.7 Å². The molecule has 0 atom stereocenters. The van der Waals surface area contributed by atoms with Gasteiger partial charge in [-0.15, -0.1) is 0 Å². The maximum absolute atomic E-state index is 12.9. The summed E-state index contributed by atoms with van der Waals surface area (Å²) in [4.78, 5) is 14.5. The molecule has 1 heterocycles. The molecule has 1 amide bonds. The van der Waals surface area contributed by atoms with Gasteiger partial charge in [-0.3, -0.25) is 0 Å². The van der Waals surface area contributed by atoms with E-state index in [9.17, 15) is 10.1 Å². The second kappa shape index (κ2) is 11.1. The molecule has 5 rings (SSSR count). The highest BCUT2D eigenvalue weighted by molar-refractivity contribution is 5.99. The fourth-order valence-electron chi connectivity index (χ4n) is 4.87. The molecule has 1 aromatic heterocycles. The van der Waals surface area contributed by atoms with E-state index in [1.54, 1.807) is 17.0 Å². The molecule has 0 bridgehead atoms. The van der Waals surface area contributed by atoms with Crippen molar-refractivity contribution in [1.29, 1.82) is 5.26 Å². The summed E-state index contributed by atoms with van der Waals surface area (Å²) in [5.41, 5.74) is 6.94. The molecule has 0 fully saturated rings. The maximum Gasteiger partial charge on any atom is 0.415 e. The molecule has 0 aliphatic rings. The predicted octanol–water partition coefficient (Wildman–Crippen LogP) is 7.74. The van der Waals surface area contributed by atoms with Gasteiger partial charge < -0.3 is 14.2 Å². The van der Waals surface area contributed by atoms with Gasteiger partial charge in [-0.2, -0.15) is 5.26 Å². The molecule has 0 saturated carbocycles. The lowest BCUT2D eigenvalue weighted by Gasteiger charge is -2.20. The first kappa shape index (κ1) is 24.9. The van der Waals surface area contributed by atoms with Gasteiger partial charge in [0.2, 0.25) is 0 Å². The van der Waals surface area contributed by atoms with Gasteiger partial charge in [0.25, 0.3) is 0 Å². The summed E-state index contributed by atoms with van der Waals surface area (Å²) in [6, 6.07) is 34.4. The van der Waals surface area contributed by atoms with Crippen molar-refractivity contribution in [2.45, 2.75) is 20.4 Å². The Labute approximate surface area is 223 Å². The predicted molar refractivity (Wildman–Crippen MR) is 152 cm³/mol. The van der Waals surface area contributed by atoms with Gasteiger partial charge in [0.15, 0.2) is 0 Å². The van der Waals surface area contributed by atoms with E-state index >= 15 is 0 Å². The smallest absolute Gasteiger partial charge is 0.410 e. The number of hydrogen-bond acceptors (Lipinski definition) is 3. The van der Waals surface area contributed by atoms with Gasteiger partial charge in [0.05, 0.1) is 11.6 Å². The number of benzene rings is 4. The number of fused-ring (bicyclic) bond motifs is 1. The summed E-state index contributed by atoms with van der Waals surface area (Å²) in [6.07, 6.45) is 1.70. The highest BCUT2D eigenvalue weighted by atomic mass is 16.6. The number of carbonyl (C=O) groups excluding carboxylic acids is 1. The zero-order valence-corrected chi connectivity index (χ0v) is 21.6. The van der Waals surface area contributed by atoms with E-state index in [1.165, 1.54) is 16.7 Å². The molecule has 4 aromatic carbocycles. The maximum atomic E-state index is 12.9. The second-order valence-electron chi connectivity index (χ2n) is 9.07. The average molecular weight is 500 g/mol. The Balaban J connectivity index is 1.60. The Morgan fingerprint density at radius 3 is 2.26 bits per heavy atom. The van der Waals surface area contributed by atoms with E-state index < -0.39 is 0 Å². The van der Waals surface area contributed by atoms with E-state index in [-0.39, 0.29) is 6.09 Å².